The number of fused-ring (bicyclic) bond motifs is 11. The van der Waals surface area contributed by atoms with E-state index in [2.05, 4.69) is 196 Å². The third-order valence-electron chi connectivity index (χ3n) is 13.5. The zero-order valence-corrected chi connectivity index (χ0v) is 31.8. The molecule has 0 fully saturated rings. The second kappa shape index (κ2) is 11.1. The van der Waals surface area contributed by atoms with Crippen molar-refractivity contribution in [2.45, 2.75) is 19.3 Å². The molecule has 0 heterocycles. The average molecular weight is 721 g/mol. The van der Waals surface area contributed by atoms with Gasteiger partial charge in [0, 0.05) is 5.41 Å². The normalized spacial score (nSPS) is 13.6. The number of hydrogen-bond acceptors (Lipinski definition) is 0. The van der Waals surface area contributed by atoms with Crippen LogP contribution in [-0.4, -0.2) is 0 Å². The van der Waals surface area contributed by atoms with Gasteiger partial charge in [0.05, 0.1) is 0 Å². The lowest BCUT2D eigenvalue weighted by atomic mass is 9.81. The third kappa shape index (κ3) is 3.97. The van der Waals surface area contributed by atoms with E-state index >= 15 is 0 Å². The van der Waals surface area contributed by atoms with Crippen molar-refractivity contribution in [2.24, 2.45) is 0 Å². The molecule has 1 aliphatic carbocycles. The van der Waals surface area contributed by atoms with Crippen LogP contribution in [0.5, 0.6) is 0 Å². The molecule has 12 aromatic rings. The fraction of sp³-hybridized carbons (Fsp3) is 0.0526. The molecule has 0 saturated carbocycles. The molecule has 0 saturated heterocycles. The minimum Gasteiger partial charge on any atom is -0.0622 e. The van der Waals surface area contributed by atoms with Gasteiger partial charge in [-0.25, -0.2) is 0 Å². The summed E-state index contributed by atoms with van der Waals surface area (Å²) in [5.41, 5.74) is 13.2. The molecule has 0 aliphatic heterocycles. The van der Waals surface area contributed by atoms with E-state index in [0.29, 0.717) is 0 Å². The van der Waals surface area contributed by atoms with Crippen LogP contribution in [0.4, 0.5) is 0 Å². The Morgan fingerprint density at radius 3 is 1.56 bits per heavy atom. The molecule has 0 amide bonds. The average Bonchev–Trinajstić information content (AvgIpc) is 3.85. The van der Waals surface area contributed by atoms with Crippen molar-refractivity contribution in [2.75, 3.05) is 0 Å². The van der Waals surface area contributed by atoms with E-state index in [9.17, 15) is 0 Å². The molecule has 0 heteroatoms. The van der Waals surface area contributed by atoms with Crippen LogP contribution in [-0.2, 0) is 5.41 Å². The predicted molar refractivity (Wildman–Crippen MR) is 245 cm³/mol. The summed E-state index contributed by atoms with van der Waals surface area (Å²) in [6.07, 6.45) is 0. The molecule has 0 N–H and O–H groups in total. The van der Waals surface area contributed by atoms with Crippen LogP contribution in [0.3, 0.4) is 0 Å². The first kappa shape index (κ1) is 31.2. The minimum absolute atomic E-state index is 0.0626. The van der Waals surface area contributed by atoms with Gasteiger partial charge in [0.25, 0.3) is 0 Å². The first-order chi connectivity index (χ1) is 28.1. The molecule has 0 bridgehead atoms. The zero-order valence-electron chi connectivity index (χ0n) is 31.8. The summed E-state index contributed by atoms with van der Waals surface area (Å²) in [5, 5.41) is 18.6. The second-order valence-corrected chi connectivity index (χ2v) is 16.7. The van der Waals surface area contributed by atoms with Crippen molar-refractivity contribution >= 4 is 75.4 Å². The molecule has 264 valence electrons. The number of rotatable bonds is 3. The summed E-state index contributed by atoms with van der Waals surface area (Å²) in [7, 11) is 0. The molecule has 57 heavy (non-hydrogen) atoms. The number of hydrogen-bond donors (Lipinski definition) is 0. The molecular formula is C57H36. The maximum atomic E-state index is 2.53. The van der Waals surface area contributed by atoms with Crippen molar-refractivity contribution in [1.29, 1.82) is 0 Å². The first-order valence-electron chi connectivity index (χ1n) is 20.2. The Morgan fingerprint density at radius 2 is 0.789 bits per heavy atom. The second-order valence-electron chi connectivity index (χ2n) is 16.7. The highest BCUT2D eigenvalue weighted by Gasteiger charge is 2.35. The van der Waals surface area contributed by atoms with Gasteiger partial charge in [-0.3, -0.25) is 0 Å². The summed E-state index contributed by atoms with van der Waals surface area (Å²) in [6, 6.07) is 68.7. The fourth-order valence-electron chi connectivity index (χ4n) is 11.1. The Morgan fingerprint density at radius 1 is 0.263 bits per heavy atom. The summed E-state index contributed by atoms with van der Waals surface area (Å²) < 4.78 is 0. The molecule has 0 atom stereocenters. The van der Waals surface area contributed by atoms with Crippen LogP contribution in [0.15, 0.2) is 182 Å². The molecule has 1 aliphatic rings. The van der Waals surface area contributed by atoms with Crippen molar-refractivity contribution in [3.05, 3.63) is 193 Å². The van der Waals surface area contributed by atoms with E-state index < -0.39 is 0 Å². The van der Waals surface area contributed by atoms with Crippen LogP contribution in [0, 0.1) is 0 Å². The van der Waals surface area contributed by atoms with Gasteiger partial charge in [0.2, 0.25) is 0 Å². The Bertz CT molecular complexity index is 3620. The monoisotopic (exact) mass is 720 g/mol. The smallest absolute Gasteiger partial charge is 0.0159 e. The Balaban J connectivity index is 1.22. The zero-order chi connectivity index (χ0) is 37.6. The molecular weight excluding hydrogens is 685 g/mol. The molecule has 13 rings (SSSR count). The lowest BCUT2D eigenvalue weighted by Gasteiger charge is -2.22. The standard InChI is InChI=1S/C57H36/c1-57(2)48-26-12-11-21-39(48)40-28-27-35(31-49(40)57)36-29-30-45-52-41(36)22-13-25-44(52)56-51(34-17-7-4-8-18-34)54-43-24-14-23-42-37-19-9-10-20-38(37)46(53(42)43)32-47(54)50(55(45)56)33-15-5-3-6-16-33/h3-32H,1-2H3. The lowest BCUT2D eigenvalue weighted by molar-refractivity contribution is 0.660. The van der Waals surface area contributed by atoms with Gasteiger partial charge in [-0.2, -0.15) is 0 Å². The molecule has 0 radical (unpaired) electrons. The van der Waals surface area contributed by atoms with Crippen LogP contribution >= 0.6 is 0 Å². The SMILES string of the molecule is CC1(C)c2ccccc2-c2ccc(-c3ccc4c5c(-c6ccccc6)c6cc7c8ccccc8c8cccc(c6c(-c6ccccc6)c5c5cccc3c45)c87)cc21. The van der Waals surface area contributed by atoms with Gasteiger partial charge in [0.1, 0.15) is 0 Å². The van der Waals surface area contributed by atoms with Gasteiger partial charge < -0.3 is 0 Å². The van der Waals surface area contributed by atoms with E-state index in [-0.39, 0.29) is 5.41 Å². The molecule has 0 spiro atoms. The highest BCUT2D eigenvalue weighted by atomic mass is 14.4. The molecule has 0 aromatic heterocycles. The van der Waals surface area contributed by atoms with Gasteiger partial charge >= 0.3 is 0 Å². The highest BCUT2D eigenvalue weighted by molar-refractivity contribution is 6.45. The van der Waals surface area contributed by atoms with E-state index in [1.54, 1.807) is 0 Å². The summed E-state index contributed by atoms with van der Waals surface area (Å²) in [5.74, 6) is 0. The Hall–Kier alpha value is -7.02. The highest BCUT2D eigenvalue weighted by Crippen LogP contribution is 2.56. The van der Waals surface area contributed by atoms with Crippen LogP contribution in [0.25, 0.3) is 120 Å². The molecule has 0 unspecified atom stereocenters. The third-order valence-corrected chi connectivity index (χ3v) is 13.5. The van der Waals surface area contributed by atoms with Crippen molar-refractivity contribution < 1.29 is 0 Å². The minimum atomic E-state index is -0.0626. The van der Waals surface area contributed by atoms with Crippen LogP contribution in [0.1, 0.15) is 25.0 Å². The fourth-order valence-corrected chi connectivity index (χ4v) is 11.1. The van der Waals surface area contributed by atoms with Gasteiger partial charge in [-0.05, 0) is 143 Å². The van der Waals surface area contributed by atoms with E-state index in [1.165, 1.54) is 131 Å². The summed E-state index contributed by atoms with van der Waals surface area (Å²) in [6.45, 7) is 4.75. The van der Waals surface area contributed by atoms with Crippen LogP contribution in [0.2, 0.25) is 0 Å². The first-order valence-corrected chi connectivity index (χ1v) is 20.2. The molecule has 12 aromatic carbocycles. The van der Waals surface area contributed by atoms with E-state index in [4.69, 9.17) is 0 Å². The van der Waals surface area contributed by atoms with E-state index in [1.807, 2.05) is 0 Å². The topological polar surface area (TPSA) is 0 Å². The summed E-state index contributed by atoms with van der Waals surface area (Å²) >= 11 is 0. The largest absolute Gasteiger partial charge is 0.0622 e. The summed E-state index contributed by atoms with van der Waals surface area (Å²) in [4.78, 5) is 0. The Kier molecular flexibility index (Phi) is 6.06. The van der Waals surface area contributed by atoms with Crippen LogP contribution < -0.4 is 0 Å². The maximum absolute atomic E-state index is 2.53. The van der Waals surface area contributed by atoms with Gasteiger partial charge in [-0.15, -0.1) is 0 Å². The quantitative estimate of drug-likeness (QED) is 0.159. The van der Waals surface area contributed by atoms with Gasteiger partial charge in [0.15, 0.2) is 0 Å². The van der Waals surface area contributed by atoms with E-state index in [0.717, 1.165) is 0 Å². The van der Waals surface area contributed by atoms with Crippen molar-refractivity contribution in [3.8, 4) is 44.5 Å². The predicted octanol–water partition coefficient (Wildman–Crippen LogP) is 15.9. The molecule has 0 nitrogen and oxygen atoms in total. The van der Waals surface area contributed by atoms with Gasteiger partial charge in [-0.1, -0.05) is 184 Å². The maximum Gasteiger partial charge on any atom is 0.0159 e. The number of benzene rings is 10. The Labute approximate surface area is 330 Å². The van der Waals surface area contributed by atoms with Crippen molar-refractivity contribution in [3.63, 3.8) is 0 Å². The lowest BCUT2D eigenvalue weighted by Crippen LogP contribution is -2.14. The van der Waals surface area contributed by atoms with Crippen molar-refractivity contribution in [1.82, 2.24) is 0 Å².